The van der Waals surface area contributed by atoms with Gasteiger partial charge in [-0.25, -0.2) is 4.79 Å². The Balaban J connectivity index is 1.97. The van der Waals surface area contributed by atoms with Gasteiger partial charge < -0.3 is 15.2 Å². The molecule has 1 aromatic rings. The number of rotatable bonds is 4. The molecule has 1 saturated heterocycles. The Bertz CT molecular complexity index is 425. The van der Waals surface area contributed by atoms with Crippen molar-refractivity contribution in [2.45, 2.75) is 31.8 Å². The maximum Gasteiger partial charge on any atom is 0.335 e. The summed E-state index contributed by atoms with van der Waals surface area (Å²) in [5.74, 6) is -0.885. The Morgan fingerprint density at radius 1 is 1.56 bits per heavy atom. The van der Waals surface area contributed by atoms with Crippen molar-refractivity contribution in [3.63, 3.8) is 0 Å². The molecule has 0 aliphatic carbocycles. The van der Waals surface area contributed by atoms with E-state index in [0.717, 1.165) is 25.0 Å². The number of carbonyl (C=O) groups is 1. The Hall–Kier alpha value is -1.39. The van der Waals surface area contributed by atoms with Gasteiger partial charge in [0.2, 0.25) is 0 Å². The highest BCUT2D eigenvalue weighted by atomic mass is 16.5. The molecule has 1 aromatic carbocycles. The summed E-state index contributed by atoms with van der Waals surface area (Å²) in [6, 6.07) is 7.03. The maximum absolute atomic E-state index is 10.9. The highest BCUT2D eigenvalue weighted by molar-refractivity contribution is 5.87. The third kappa shape index (κ3) is 3.31. The molecule has 0 saturated carbocycles. The van der Waals surface area contributed by atoms with E-state index in [1.54, 1.807) is 18.2 Å². The maximum atomic E-state index is 10.9. The van der Waals surface area contributed by atoms with Crippen LogP contribution in [0.15, 0.2) is 24.3 Å². The van der Waals surface area contributed by atoms with Gasteiger partial charge in [-0.3, -0.25) is 0 Å². The summed E-state index contributed by atoms with van der Waals surface area (Å²) in [6.07, 6.45) is 2.16. The largest absolute Gasteiger partial charge is 0.478 e. The summed E-state index contributed by atoms with van der Waals surface area (Å²) in [7, 11) is 0. The Labute approximate surface area is 107 Å². The number of hydrogen-bond acceptors (Lipinski definition) is 3. The molecule has 18 heavy (non-hydrogen) atoms. The van der Waals surface area contributed by atoms with Crippen LogP contribution in [-0.2, 0) is 11.3 Å². The number of ether oxygens (including phenoxy) is 1. The van der Waals surface area contributed by atoms with Crippen LogP contribution in [0.25, 0.3) is 0 Å². The number of aromatic carboxylic acids is 1. The number of nitrogens with one attached hydrogen (secondary N) is 1. The van der Waals surface area contributed by atoms with Crippen LogP contribution in [0.4, 0.5) is 0 Å². The van der Waals surface area contributed by atoms with Gasteiger partial charge in [0.1, 0.15) is 0 Å². The minimum Gasteiger partial charge on any atom is -0.478 e. The minimum absolute atomic E-state index is 0.00250. The molecule has 0 spiro atoms. The third-order valence-corrected chi connectivity index (χ3v) is 3.33. The van der Waals surface area contributed by atoms with E-state index in [1.807, 2.05) is 6.07 Å². The van der Waals surface area contributed by atoms with Gasteiger partial charge in [-0.15, -0.1) is 0 Å². The molecular formula is C14H19NO3. The van der Waals surface area contributed by atoms with Crippen molar-refractivity contribution in [3.05, 3.63) is 35.4 Å². The second-order valence-corrected chi connectivity index (χ2v) is 5.08. The van der Waals surface area contributed by atoms with Crippen LogP contribution in [-0.4, -0.2) is 29.8 Å². The van der Waals surface area contributed by atoms with Crippen molar-refractivity contribution in [2.75, 3.05) is 13.2 Å². The lowest BCUT2D eigenvalue weighted by atomic mass is 9.94. The molecule has 0 radical (unpaired) electrons. The van der Waals surface area contributed by atoms with Crippen LogP contribution in [0, 0.1) is 0 Å². The molecule has 1 atom stereocenters. The molecule has 0 bridgehead atoms. The van der Waals surface area contributed by atoms with E-state index >= 15 is 0 Å². The van der Waals surface area contributed by atoms with Crippen LogP contribution in [0.1, 0.15) is 35.7 Å². The van der Waals surface area contributed by atoms with E-state index in [1.165, 1.54) is 0 Å². The predicted molar refractivity (Wildman–Crippen MR) is 68.7 cm³/mol. The Kier molecular flexibility index (Phi) is 3.99. The van der Waals surface area contributed by atoms with Crippen LogP contribution in [0.2, 0.25) is 0 Å². The van der Waals surface area contributed by atoms with E-state index in [9.17, 15) is 4.79 Å². The fraction of sp³-hybridized carbons (Fsp3) is 0.500. The average Bonchev–Trinajstić information content (AvgIpc) is 2.38. The predicted octanol–water partition coefficient (Wildman–Crippen LogP) is 2.04. The van der Waals surface area contributed by atoms with E-state index < -0.39 is 5.97 Å². The highest BCUT2D eigenvalue weighted by Gasteiger charge is 2.26. The molecule has 0 amide bonds. The lowest BCUT2D eigenvalue weighted by Crippen LogP contribution is -2.48. The molecule has 4 heteroatoms. The lowest BCUT2D eigenvalue weighted by molar-refractivity contribution is 0.0278. The molecule has 1 fully saturated rings. The second kappa shape index (κ2) is 5.50. The molecular weight excluding hydrogens is 230 g/mol. The molecule has 1 aliphatic heterocycles. The third-order valence-electron chi connectivity index (χ3n) is 3.33. The molecule has 2 rings (SSSR count). The average molecular weight is 249 g/mol. The van der Waals surface area contributed by atoms with Gasteiger partial charge in [-0.1, -0.05) is 12.1 Å². The number of carboxylic acid groups (broad SMARTS) is 1. The van der Waals surface area contributed by atoms with Gasteiger partial charge in [0.05, 0.1) is 12.2 Å². The molecule has 4 nitrogen and oxygen atoms in total. The summed E-state index contributed by atoms with van der Waals surface area (Å²) in [4.78, 5) is 10.9. The molecule has 1 aliphatic rings. The van der Waals surface area contributed by atoms with Crippen molar-refractivity contribution in [1.29, 1.82) is 0 Å². The summed E-state index contributed by atoms with van der Waals surface area (Å²) < 4.78 is 5.48. The van der Waals surface area contributed by atoms with Crippen molar-refractivity contribution in [1.82, 2.24) is 5.32 Å². The zero-order chi connectivity index (χ0) is 13.0. The molecule has 0 aromatic heterocycles. The topological polar surface area (TPSA) is 58.6 Å². The van der Waals surface area contributed by atoms with Gasteiger partial charge in [-0.05, 0) is 37.5 Å². The van der Waals surface area contributed by atoms with Crippen molar-refractivity contribution in [3.8, 4) is 0 Å². The molecule has 1 unspecified atom stereocenters. The van der Waals surface area contributed by atoms with Gasteiger partial charge >= 0.3 is 5.97 Å². The zero-order valence-electron chi connectivity index (χ0n) is 10.6. The first-order chi connectivity index (χ1) is 8.59. The number of carboxylic acids is 1. The Morgan fingerprint density at radius 2 is 2.39 bits per heavy atom. The number of benzene rings is 1. The first-order valence-electron chi connectivity index (χ1n) is 6.24. The smallest absolute Gasteiger partial charge is 0.335 e. The van der Waals surface area contributed by atoms with Gasteiger partial charge in [-0.2, -0.15) is 0 Å². The summed E-state index contributed by atoms with van der Waals surface area (Å²) in [5.41, 5.74) is 1.32. The minimum atomic E-state index is -0.885. The van der Waals surface area contributed by atoms with Crippen molar-refractivity contribution in [2.24, 2.45) is 0 Å². The summed E-state index contributed by atoms with van der Waals surface area (Å²) in [6.45, 7) is 4.37. The van der Waals surface area contributed by atoms with Crippen LogP contribution in [0.5, 0.6) is 0 Å². The van der Waals surface area contributed by atoms with Crippen molar-refractivity contribution >= 4 is 5.97 Å². The molecule has 98 valence electrons. The standard InChI is InChI=1S/C14H19NO3/c1-14(6-3-7-18-10-14)15-9-11-4-2-5-12(8-11)13(16)17/h2,4-5,8,15H,3,6-7,9-10H2,1H3,(H,16,17). The van der Waals surface area contributed by atoms with Crippen LogP contribution < -0.4 is 5.32 Å². The fourth-order valence-corrected chi connectivity index (χ4v) is 2.20. The summed E-state index contributed by atoms with van der Waals surface area (Å²) in [5, 5.41) is 12.4. The first-order valence-corrected chi connectivity index (χ1v) is 6.24. The normalized spacial score (nSPS) is 23.8. The highest BCUT2D eigenvalue weighted by Crippen LogP contribution is 2.19. The zero-order valence-corrected chi connectivity index (χ0v) is 10.6. The monoisotopic (exact) mass is 249 g/mol. The molecule has 2 N–H and O–H groups in total. The van der Waals surface area contributed by atoms with Crippen LogP contribution >= 0.6 is 0 Å². The Morgan fingerprint density at radius 3 is 3.06 bits per heavy atom. The van der Waals surface area contributed by atoms with Crippen LogP contribution in [0.3, 0.4) is 0 Å². The van der Waals surface area contributed by atoms with Gasteiger partial charge in [0, 0.05) is 18.7 Å². The lowest BCUT2D eigenvalue weighted by Gasteiger charge is -2.34. The quantitative estimate of drug-likeness (QED) is 0.857. The first kappa shape index (κ1) is 13.1. The van der Waals surface area contributed by atoms with E-state index in [4.69, 9.17) is 9.84 Å². The van der Waals surface area contributed by atoms with Gasteiger partial charge in [0.15, 0.2) is 0 Å². The van der Waals surface area contributed by atoms with Crippen molar-refractivity contribution < 1.29 is 14.6 Å². The SMILES string of the molecule is CC1(NCc2cccc(C(=O)O)c2)CCCOC1. The van der Waals surface area contributed by atoms with Gasteiger partial charge in [0.25, 0.3) is 0 Å². The van der Waals surface area contributed by atoms with E-state index in [-0.39, 0.29) is 5.54 Å². The number of hydrogen-bond donors (Lipinski definition) is 2. The summed E-state index contributed by atoms with van der Waals surface area (Å²) >= 11 is 0. The van der Waals surface area contributed by atoms with E-state index in [2.05, 4.69) is 12.2 Å². The second-order valence-electron chi connectivity index (χ2n) is 5.08. The fourth-order valence-electron chi connectivity index (χ4n) is 2.20. The van der Waals surface area contributed by atoms with E-state index in [0.29, 0.717) is 18.7 Å². The molecule has 1 heterocycles.